The van der Waals surface area contributed by atoms with Gasteiger partial charge < -0.3 is 10.5 Å². The minimum atomic E-state index is -4.37. The fourth-order valence-corrected chi connectivity index (χ4v) is 1.73. The van der Waals surface area contributed by atoms with E-state index in [-0.39, 0.29) is 12.4 Å². The molecule has 1 atom stereocenters. The van der Waals surface area contributed by atoms with E-state index in [0.29, 0.717) is 11.3 Å². The third-order valence-corrected chi connectivity index (χ3v) is 2.91. The van der Waals surface area contributed by atoms with Crippen molar-refractivity contribution in [3.05, 3.63) is 65.5 Å². The molecule has 0 aliphatic heterocycles. The van der Waals surface area contributed by atoms with Gasteiger partial charge in [0.25, 0.3) is 0 Å². The van der Waals surface area contributed by atoms with E-state index < -0.39 is 17.8 Å². The van der Waals surface area contributed by atoms with E-state index in [2.05, 4.69) is 0 Å². The fraction of sp³-hybridized carbons (Fsp3) is 0.200. The highest BCUT2D eigenvalue weighted by molar-refractivity contribution is 5.29. The highest BCUT2D eigenvalue weighted by Gasteiger charge is 2.30. The van der Waals surface area contributed by atoms with Crippen LogP contribution in [-0.4, -0.2) is 6.61 Å². The molecule has 0 saturated carbocycles. The molecule has 0 fully saturated rings. The molecule has 2 rings (SSSR count). The number of hydrogen-bond acceptors (Lipinski definition) is 2. The summed E-state index contributed by atoms with van der Waals surface area (Å²) in [4.78, 5) is 0. The highest BCUT2D eigenvalue weighted by Crippen LogP contribution is 2.30. The van der Waals surface area contributed by atoms with Gasteiger partial charge in [-0.3, -0.25) is 0 Å². The van der Waals surface area contributed by atoms with Crippen LogP contribution >= 0.6 is 0 Å². The van der Waals surface area contributed by atoms with Crippen LogP contribution in [0.2, 0.25) is 0 Å². The number of ether oxygens (including phenoxy) is 1. The van der Waals surface area contributed by atoms with Crippen molar-refractivity contribution in [2.75, 3.05) is 6.61 Å². The maximum atomic E-state index is 12.8. The van der Waals surface area contributed by atoms with Crippen molar-refractivity contribution in [3.63, 3.8) is 0 Å². The zero-order chi connectivity index (χ0) is 15.5. The van der Waals surface area contributed by atoms with Gasteiger partial charge in [-0.05, 0) is 42.0 Å². The Balaban J connectivity index is 1.95. The summed E-state index contributed by atoms with van der Waals surface area (Å²) in [5.41, 5.74) is 5.81. The summed E-state index contributed by atoms with van der Waals surface area (Å²) in [5, 5.41) is 0. The lowest BCUT2D eigenvalue weighted by Gasteiger charge is -2.14. The molecule has 2 aromatic rings. The molecule has 2 aromatic carbocycles. The smallest absolute Gasteiger partial charge is 0.416 e. The fourth-order valence-electron chi connectivity index (χ4n) is 1.73. The van der Waals surface area contributed by atoms with Gasteiger partial charge >= 0.3 is 6.18 Å². The number of rotatable bonds is 4. The molecular weight excluding hydrogens is 286 g/mol. The maximum Gasteiger partial charge on any atom is 0.416 e. The number of alkyl halides is 3. The highest BCUT2D eigenvalue weighted by atomic mass is 19.4. The van der Waals surface area contributed by atoms with Crippen molar-refractivity contribution in [2.24, 2.45) is 5.73 Å². The van der Waals surface area contributed by atoms with Crippen LogP contribution in [0.3, 0.4) is 0 Å². The van der Waals surface area contributed by atoms with Gasteiger partial charge in [0.2, 0.25) is 0 Å². The van der Waals surface area contributed by atoms with E-state index in [9.17, 15) is 17.6 Å². The Hall–Kier alpha value is -2.08. The molecule has 0 bridgehead atoms. The Labute approximate surface area is 119 Å². The first-order chi connectivity index (χ1) is 9.86. The van der Waals surface area contributed by atoms with E-state index in [4.69, 9.17) is 10.5 Å². The second-order valence-corrected chi connectivity index (χ2v) is 4.49. The number of nitrogens with two attached hydrogens (primary N) is 1. The molecule has 6 heteroatoms. The summed E-state index contributed by atoms with van der Waals surface area (Å²) >= 11 is 0. The van der Waals surface area contributed by atoms with Crippen LogP contribution in [0.4, 0.5) is 17.6 Å². The summed E-state index contributed by atoms with van der Waals surface area (Å²) in [6, 6.07) is 9.51. The quantitative estimate of drug-likeness (QED) is 0.868. The first kappa shape index (κ1) is 15.3. The van der Waals surface area contributed by atoms with Crippen molar-refractivity contribution in [2.45, 2.75) is 12.2 Å². The van der Waals surface area contributed by atoms with Gasteiger partial charge in [-0.1, -0.05) is 12.1 Å². The molecule has 0 saturated heterocycles. The standard InChI is InChI=1S/C15H13F4NO/c16-12-5-1-10(2-6-12)14(20)9-21-13-7-3-11(4-8-13)15(17,18)19/h1-8,14H,9,20H2. The number of hydrogen-bond donors (Lipinski definition) is 1. The van der Waals surface area contributed by atoms with Crippen LogP contribution in [0.25, 0.3) is 0 Å². The van der Waals surface area contributed by atoms with Crippen LogP contribution in [0.1, 0.15) is 17.2 Å². The summed E-state index contributed by atoms with van der Waals surface area (Å²) in [5.74, 6) is -0.0739. The molecule has 0 spiro atoms. The predicted molar refractivity (Wildman–Crippen MR) is 70.3 cm³/mol. The van der Waals surface area contributed by atoms with E-state index >= 15 is 0 Å². The van der Waals surface area contributed by atoms with Crippen molar-refractivity contribution >= 4 is 0 Å². The Kier molecular flexibility index (Phi) is 4.47. The lowest BCUT2D eigenvalue weighted by molar-refractivity contribution is -0.137. The number of benzene rings is 2. The lowest BCUT2D eigenvalue weighted by atomic mass is 10.1. The average Bonchev–Trinajstić information content (AvgIpc) is 2.45. The topological polar surface area (TPSA) is 35.2 Å². The summed E-state index contributed by atoms with van der Waals surface area (Å²) in [7, 11) is 0. The summed E-state index contributed by atoms with van der Waals surface area (Å²) < 4.78 is 55.3. The minimum absolute atomic E-state index is 0.0804. The SMILES string of the molecule is NC(COc1ccc(C(F)(F)F)cc1)c1ccc(F)cc1. The van der Waals surface area contributed by atoms with E-state index in [0.717, 1.165) is 12.1 Å². The molecule has 0 radical (unpaired) electrons. The van der Waals surface area contributed by atoms with Crippen LogP contribution in [0, 0.1) is 5.82 Å². The minimum Gasteiger partial charge on any atom is -0.492 e. The third-order valence-electron chi connectivity index (χ3n) is 2.91. The molecule has 0 aromatic heterocycles. The number of halogens is 4. The van der Waals surface area contributed by atoms with Crippen molar-refractivity contribution < 1.29 is 22.3 Å². The monoisotopic (exact) mass is 299 g/mol. The Morgan fingerprint density at radius 3 is 2.05 bits per heavy atom. The van der Waals surface area contributed by atoms with Crippen molar-refractivity contribution in [3.8, 4) is 5.75 Å². The van der Waals surface area contributed by atoms with Gasteiger partial charge in [0, 0.05) is 0 Å². The predicted octanol–water partition coefficient (Wildman–Crippen LogP) is 3.92. The Morgan fingerprint density at radius 1 is 0.952 bits per heavy atom. The van der Waals surface area contributed by atoms with E-state index in [1.54, 1.807) is 0 Å². The second kappa shape index (κ2) is 6.13. The largest absolute Gasteiger partial charge is 0.492 e. The van der Waals surface area contributed by atoms with Crippen LogP contribution < -0.4 is 10.5 Å². The molecule has 2 nitrogen and oxygen atoms in total. The van der Waals surface area contributed by atoms with Gasteiger partial charge in [0.05, 0.1) is 11.6 Å². The molecule has 0 aliphatic rings. The molecule has 112 valence electrons. The summed E-state index contributed by atoms with van der Waals surface area (Å²) in [6.45, 7) is 0.0804. The van der Waals surface area contributed by atoms with E-state index in [1.165, 1.54) is 36.4 Å². The maximum absolute atomic E-state index is 12.8. The Bertz CT molecular complexity index is 578. The zero-order valence-electron chi connectivity index (χ0n) is 10.9. The van der Waals surface area contributed by atoms with E-state index in [1.807, 2.05) is 0 Å². The summed E-state index contributed by atoms with van der Waals surface area (Å²) in [6.07, 6.45) is -4.37. The second-order valence-electron chi connectivity index (χ2n) is 4.49. The molecule has 0 amide bonds. The molecule has 0 heterocycles. The third kappa shape index (κ3) is 4.19. The van der Waals surface area contributed by atoms with Crippen LogP contribution in [-0.2, 0) is 6.18 Å². The van der Waals surface area contributed by atoms with Gasteiger partial charge in [-0.15, -0.1) is 0 Å². The molecule has 21 heavy (non-hydrogen) atoms. The molecule has 1 unspecified atom stereocenters. The van der Waals surface area contributed by atoms with Crippen LogP contribution in [0.5, 0.6) is 5.75 Å². The van der Waals surface area contributed by atoms with Gasteiger partial charge in [0.1, 0.15) is 18.2 Å². The van der Waals surface area contributed by atoms with Gasteiger partial charge in [0.15, 0.2) is 0 Å². The van der Waals surface area contributed by atoms with Gasteiger partial charge in [-0.2, -0.15) is 13.2 Å². The van der Waals surface area contributed by atoms with Crippen molar-refractivity contribution in [1.29, 1.82) is 0 Å². The normalized spacial score (nSPS) is 13.0. The first-order valence-corrected chi connectivity index (χ1v) is 6.17. The Morgan fingerprint density at radius 2 is 1.52 bits per heavy atom. The van der Waals surface area contributed by atoms with Gasteiger partial charge in [-0.25, -0.2) is 4.39 Å². The van der Waals surface area contributed by atoms with Crippen LogP contribution in [0.15, 0.2) is 48.5 Å². The average molecular weight is 299 g/mol. The first-order valence-electron chi connectivity index (χ1n) is 6.17. The molecule has 0 aliphatic carbocycles. The molecule has 2 N–H and O–H groups in total. The van der Waals surface area contributed by atoms with Crippen molar-refractivity contribution in [1.82, 2.24) is 0 Å². The lowest BCUT2D eigenvalue weighted by Crippen LogP contribution is -2.19. The zero-order valence-corrected chi connectivity index (χ0v) is 10.9. The molecular formula is C15H13F4NO.